The molecule has 1 aromatic heterocycles. The number of hydrogen-bond donors (Lipinski definition) is 2. The van der Waals surface area contributed by atoms with Crippen molar-refractivity contribution in [2.24, 2.45) is 0 Å². The first-order valence-corrected chi connectivity index (χ1v) is 9.49. The minimum Gasteiger partial charge on any atom is -0.495 e. The van der Waals surface area contributed by atoms with E-state index in [-0.39, 0.29) is 0 Å². The van der Waals surface area contributed by atoms with Gasteiger partial charge in [0, 0.05) is 5.69 Å². The second-order valence-corrected chi connectivity index (χ2v) is 7.24. The molecule has 0 spiro atoms. The van der Waals surface area contributed by atoms with E-state index >= 15 is 0 Å². The Bertz CT molecular complexity index is 913. The Morgan fingerprint density at radius 2 is 1.54 bits per heavy atom. The van der Waals surface area contributed by atoms with Crippen molar-refractivity contribution in [3.8, 4) is 5.75 Å². The largest absolute Gasteiger partial charge is 0.495 e. The molecule has 2 N–H and O–H groups in total. The number of para-hydroxylation sites is 3. The second kappa shape index (κ2) is 8.69. The Kier molecular flexibility index (Phi) is 6.09. The van der Waals surface area contributed by atoms with Gasteiger partial charge in [-0.1, -0.05) is 58.0 Å². The van der Waals surface area contributed by atoms with E-state index in [1.807, 2.05) is 24.3 Å². The molecule has 0 atom stereocenters. The van der Waals surface area contributed by atoms with Gasteiger partial charge in [0.2, 0.25) is 5.95 Å². The summed E-state index contributed by atoms with van der Waals surface area (Å²) in [6.45, 7) is 8.77. The highest BCUT2D eigenvalue weighted by Crippen LogP contribution is 2.34. The summed E-state index contributed by atoms with van der Waals surface area (Å²) in [4.78, 5) is 4.59. The van der Waals surface area contributed by atoms with Gasteiger partial charge in [-0.3, -0.25) is 0 Å². The summed E-state index contributed by atoms with van der Waals surface area (Å²) >= 11 is 0. The fourth-order valence-corrected chi connectivity index (χ4v) is 3.11. The van der Waals surface area contributed by atoms with Gasteiger partial charge >= 0.3 is 0 Å². The van der Waals surface area contributed by atoms with Gasteiger partial charge in [0.15, 0.2) is 5.82 Å². The monoisotopic (exact) mass is 377 g/mol. The van der Waals surface area contributed by atoms with E-state index in [9.17, 15) is 0 Å². The highest BCUT2D eigenvalue weighted by Gasteiger charge is 2.15. The van der Waals surface area contributed by atoms with Crippen LogP contribution in [0, 0.1) is 0 Å². The molecule has 1 heterocycles. The molecule has 3 rings (SSSR count). The number of anilines is 4. The van der Waals surface area contributed by atoms with Gasteiger partial charge in [-0.15, -0.1) is 5.10 Å². The van der Waals surface area contributed by atoms with Crippen LogP contribution >= 0.6 is 0 Å². The van der Waals surface area contributed by atoms with Crippen LogP contribution in [0.2, 0.25) is 0 Å². The summed E-state index contributed by atoms with van der Waals surface area (Å²) in [5.74, 6) is 2.55. The first-order valence-electron chi connectivity index (χ1n) is 9.49. The number of ether oxygens (including phenoxy) is 1. The molecule has 0 aliphatic heterocycles. The van der Waals surface area contributed by atoms with Crippen molar-refractivity contribution in [1.82, 2.24) is 15.2 Å². The van der Waals surface area contributed by atoms with Crippen LogP contribution in [0.4, 0.5) is 23.1 Å². The fraction of sp³-hybridized carbons (Fsp3) is 0.318. The molecule has 0 unspecified atom stereocenters. The van der Waals surface area contributed by atoms with Crippen molar-refractivity contribution in [2.45, 2.75) is 39.5 Å². The molecule has 0 saturated carbocycles. The van der Waals surface area contributed by atoms with Crippen LogP contribution in [-0.2, 0) is 0 Å². The Labute approximate surface area is 166 Å². The summed E-state index contributed by atoms with van der Waals surface area (Å²) in [6.07, 6.45) is 1.63. The number of nitrogens with one attached hydrogen (secondary N) is 2. The minimum atomic E-state index is 0.391. The Balaban J connectivity index is 1.92. The van der Waals surface area contributed by atoms with Gasteiger partial charge in [0.25, 0.3) is 0 Å². The summed E-state index contributed by atoms with van der Waals surface area (Å²) in [6, 6.07) is 14.1. The lowest BCUT2D eigenvalue weighted by atomic mass is 9.92. The average molecular weight is 377 g/mol. The highest BCUT2D eigenvalue weighted by atomic mass is 16.5. The van der Waals surface area contributed by atoms with Gasteiger partial charge in [0.05, 0.1) is 19.0 Å². The van der Waals surface area contributed by atoms with Crippen molar-refractivity contribution >= 4 is 23.1 Å². The second-order valence-electron chi connectivity index (χ2n) is 7.24. The standard InChI is InChI=1S/C22H27N5O/c1-14(2)16-9-8-10-17(15(3)4)21(16)25-20-13-23-27-22(26-20)24-18-11-6-7-12-19(18)28-5/h6-15H,1-5H3,(H2,24,25,26,27). The quantitative estimate of drug-likeness (QED) is 0.557. The van der Waals surface area contributed by atoms with Gasteiger partial charge < -0.3 is 15.4 Å². The van der Waals surface area contributed by atoms with Crippen molar-refractivity contribution in [3.05, 3.63) is 59.8 Å². The van der Waals surface area contributed by atoms with Gasteiger partial charge in [-0.2, -0.15) is 10.1 Å². The summed E-state index contributed by atoms with van der Waals surface area (Å²) < 4.78 is 5.37. The number of hydrogen-bond acceptors (Lipinski definition) is 6. The lowest BCUT2D eigenvalue weighted by Gasteiger charge is -2.20. The third-order valence-electron chi connectivity index (χ3n) is 4.54. The van der Waals surface area contributed by atoms with Crippen LogP contribution in [0.5, 0.6) is 5.75 Å². The smallest absolute Gasteiger partial charge is 0.249 e. The Hall–Kier alpha value is -3.15. The van der Waals surface area contributed by atoms with Gasteiger partial charge in [0.1, 0.15) is 5.75 Å². The van der Waals surface area contributed by atoms with E-state index in [1.165, 1.54) is 11.1 Å². The Morgan fingerprint density at radius 1 is 0.857 bits per heavy atom. The predicted octanol–water partition coefficient (Wildman–Crippen LogP) is 5.61. The van der Waals surface area contributed by atoms with Crippen LogP contribution in [0.3, 0.4) is 0 Å². The first-order chi connectivity index (χ1) is 13.5. The van der Waals surface area contributed by atoms with Gasteiger partial charge in [-0.25, -0.2) is 0 Å². The van der Waals surface area contributed by atoms with Crippen molar-refractivity contribution in [1.29, 1.82) is 0 Å². The molecule has 2 aromatic carbocycles. The van der Waals surface area contributed by atoms with E-state index in [4.69, 9.17) is 4.74 Å². The van der Waals surface area contributed by atoms with Crippen LogP contribution in [0.25, 0.3) is 0 Å². The maximum absolute atomic E-state index is 5.37. The number of nitrogens with zero attached hydrogens (tertiary/aromatic N) is 3. The maximum Gasteiger partial charge on any atom is 0.249 e. The van der Waals surface area contributed by atoms with E-state index in [2.05, 4.69) is 71.7 Å². The molecule has 3 aromatic rings. The van der Waals surface area contributed by atoms with Gasteiger partial charge in [-0.05, 0) is 35.1 Å². The summed E-state index contributed by atoms with van der Waals surface area (Å²) in [5, 5.41) is 14.9. The van der Waals surface area contributed by atoms with Crippen molar-refractivity contribution in [2.75, 3.05) is 17.7 Å². The molecule has 0 aliphatic rings. The molecule has 0 aliphatic carbocycles. The molecule has 6 nitrogen and oxygen atoms in total. The number of rotatable bonds is 7. The van der Waals surface area contributed by atoms with Crippen molar-refractivity contribution < 1.29 is 4.74 Å². The lowest BCUT2D eigenvalue weighted by Crippen LogP contribution is -2.07. The molecule has 28 heavy (non-hydrogen) atoms. The van der Waals surface area contributed by atoms with Crippen LogP contribution in [0.1, 0.15) is 50.7 Å². The molecule has 146 valence electrons. The van der Waals surface area contributed by atoms with Crippen LogP contribution in [0.15, 0.2) is 48.7 Å². The molecule has 0 fully saturated rings. The first kappa shape index (κ1) is 19.6. The topological polar surface area (TPSA) is 72.0 Å². The SMILES string of the molecule is COc1ccccc1Nc1nncc(Nc2c(C(C)C)cccc2C(C)C)n1. The molecule has 6 heteroatoms. The van der Waals surface area contributed by atoms with Crippen molar-refractivity contribution in [3.63, 3.8) is 0 Å². The molecular weight excluding hydrogens is 350 g/mol. The van der Waals surface area contributed by atoms with E-state index < -0.39 is 0 Å². The van der Waals surface area contributed by atoms with E-state index in [0.717, 1.165) is 17.1 Å². The number of benzene rings is 2. The predicted molar refractivity (Wildman–Crippen MR) is 114 cm³/mol. The molecule has 0 radical (unpaired) electrons. The zero-order valence-corrected chi connectivity index (χ0v) is 17.0. The maximum atomic E-state index is 5.37. The number of aromatic nitrogens is 3. The molecule has 0 amide bonds. The van der Waals surface area contributed by atoms with E-state index in [0.29, 0.717) is 23.6 Å². The fourth-order valence-electron chi connectivity index (χ4n) is 3.11. The third kappa shape index (κ3) is 4.39. The molecule has 0 bridgehead atoms. The number of methoxy groups -OCH3 is 1. The zero-order valence-electron chi connectivity index (χ0n) is 17.0. The third-order valence-corrected chi connectivity index (χ3v) is 4.54. The normalized spacial score (nSPS) is 11.0. The minimum absolute atomic E-state index is 0.391. The molecular formula is C22H27N5O. The van der Waals surface area contributed by atoms with E-state index in [1.54, 1.807) is 13.3 Å². The molecule has 0 saturated heterocycles. The van der Waals surface area contributed by atoms with Crippen LogP contribution < -0.4 is 15.4 Å². The summed E-state index contributed by atoms with van der Waals surface area (Å²) in [5.41, 5.74) is 4.39. The zero-order chi connectivity index (χ0) is 20.1. The Morgan fingerprint density at radius 3 is 2.18 bits per heavy atom. The average Bonchev–Trinajstić information content (AvgIpc) is 2.68. The van der Waals surface area contributed by atoms with Crippen LogP contribution in [-0.4, -0.2) is 22.3 Å². The summed E-state index contributed by atoms with van der Waals surface area (Å²) in [7, 11) is 1.63. The lowest BCUT2D eigenvalue weighted by molar-refractivity contribution is 0.417. The highest BCUT2D eigenvalue weighted by molar-refractivity contribution is 5.68.